The summed E-state index contributed by atoms with van der Waals surface area (Å²) in [6.07, 6.45) is 0. The Hall–Kier alpha value is -1.24. The molecule has 3 N–H and O–H groups in total. The molecule has 0 aliphatic heterocycles. The molecule has 1 amide bonds. The van der Waals surface area contributed by atoms with Gasteiger partial charge in [0.1, 0.15) is 5.75 Å². The Kier molecular flexibility index (Phi) is 6.84. The van der Waals surface area contributed by atoms with Gasteiger partial charge >= 0.3 is 0 Å². The highest BCUT2D eigenvalue weighted by Gasteiger charge is 2.24. The first kappa shape index (κ1) is 16.8. The van der Waals surface area contributed by atoms with Gasteiger partial charge in [-0.3, -0.25) is 4.79 Å². The number of rotatable bonds is 8. The first-order valence-electron chi connectivity index (χ1n) is 6.41. The van der Waals surface area contributed by atoms with Crippen molar-refractivity contribution >= 4 is 17.7 Å². The number of hydrogen-bond donors (Lipinski definition) is 3. The van der Waals surface area contributed by atoms with Gasteiger partial charge < -0.3 is 20.3 Å². The summed E-state index contributed by atoms with van der Waals surface area (Å²) in [5, 5.41) is 20.8. The maximum absolute atomic E-state index is 11.7. The summed E-state index contributed by atoms with van der Waals surface area (Å²) < 4.78 is 5.34. The first-order chi connectivity index (χ1) is 9.53. The van der Waals surface area contributed by atoms with Gasteiger partial charge in [0.25, 0.3) is 0 Å². The minimum atomic E-state index is -0.976. The summed E-state index contributed by atoms with van der Waals surface area (Å²) in [6, 6.07) is 7.49. The molecule has 0 aliphatic rings. The Morgan fingerprint density at radius 3 is 2.40 bits per heavy atom. The van der Waals surface area contributed by atoms with Crippen LogP contribution in [0.15, 0.2) is 29.2 Å². The molecule has 1 rings (SSSR count). The van der Waals surface area contributed by atoms with E-state index in [2.05, 4.69) is 5.32 Å². The van der Waals surface area contributed by atoms with Gasteiger partial charge in [0.2, 0.25) is 5.91 Å². The van der Waals surface area contributed by atoms with E-state index in [-0.39, 0.29) is 24.9 Å². The summed E-state index contributed by atoms with van der Waals surface area (Å²) in [7, 11) is 0. The Labute approximate surface area is 123 Å². The quantitative estimate of drug-likeness (QED) is 0.625. The van der Waals surface area contributed by atoms with Gasteiger partial charge in [-0.2, -0.15) is 0 Å². The lowest BCUT2D eigenvalue weighted by molar-refractivity contribution is -0.121. The zero-order chi connectivity index (χ0) is 15.0. The fourth-order valence-corrected chi connectivity index (χ4v) is 2.15. The normalized spacial score (nSPS) is 11.2. The van der Waals surface area contributed by atoms with Crippen LogP contribution in [-0.2, 0) is 4.79 Å². The minimum Gasteiger partial charge on any atom is -0.494 e. The summed E-state index contributed by atoms with van der Waals surface area (Å²) in [4.78, 5) is 12.7. The third-order valence-corrected chi connectivity index (χ3v) is 3.66. The molecule has 0 bridgehead atoms. The summed E-state index contributed by atoms with van der Waals surface area (Å²) in [5.74, 6) is 0.799. The van der Waals surface area contributed by atoms with Crippen molar-refractivity contribution in [1.29, 1.82) is 0 Å². The van der Waals surface area contributed by atoms with E-state index in [0.29, 0.717) is 6.61 Å². The number of benzene rings is 1. The maximum Gasteiger partial charge on any atom is 0.230 e. The molecular formula is C14H21NO4S. The van der Waals surface area contributed by atoms with Crippen molar-refractivity contribution in [2.75, 3.05) is 25.6 Å². The van der Waals surface area contributed by atoms with Gasteiger partial charge in [0.05, 0.1) is 31.1 Å². The van der Waals surface area contributed by atoms with E-state index in [1.54, 1.807) is 6.92 Å². The number of carbonyl (C=O) groups excluding carboxylic acids is 1. The maximum atomic E-state index is 11.7. The van der Waals surface area contributed by atoms with E-state index < -0.39 is 5.54 Å². The van der Waals surface area contributed by atoms with Crippen molar-refractivity contribution in [3.05, 3.63) is 24.3 Å². The van der Waals surface area contributed by atoms with E-state index in [1.807, 2.05) is 31.2 Å². The van der Waals surface area contributed by atoms with Gasteiger partial charge in [-0.25, -0.2) is 0 Å². The fraction of sp³-hybridized carbons (Fsp3) is 0.500. The van der Waals surface area contributed by atoms with Gasteiger partial charge in [0, 0.05) is 4.90 Å². The fourth-order valence-electron chi connectivity index (χ4n) is 1.45. The average molecular weight is 299 g/mol. The Morgan fingerprint density at radius 1 is 1.30 bits per heavy atom. The number of aliphatic hydroxyl groups excluding tert-OH is 2. The molecule has 5 nitrogen and oxygen atoms in total. The van der Waals surface area contributed by atoms with Crippen LogP contribution < -0.4 is 10.1 Å². The first-order valence-corrected chi connectivity index (χ1v) is 7.40. The number of thioether (sulfide) groups is 1. The van der Waals surface area contributed by atoms with Crippen LogP contribution in [0.4, 0.5) is 0 Å². The van der Waals surface area contributed by atoms with E-state index in [0.717, 1.165) is 10.6 Å². The number of amides is 1. The summed E-state index contributed by atoms with van der Waals surface area (Å²) in [5.41, 5.74) is -0.976. The van der Waals surface area contributed by atoms with E-state index in [9.17, 15) is 4.79 Å². The van der Waals surface area contributed by atoms with Crippen molar-refractivity contribution in [2.45, 2.75) is 24.3 Å². The standard InChI is InChI=1S/C14H21NO4S/c1-3-19-11-4-6-12(7-5-11)20-8-13(18)15-14(2,9-16)10-17/h4-7,16-17H,3,8-10H2,1-2H3,(H,15,18). The highest BCUT2D eigenvalue weighted by Crippen LogP contribution is 2.21. The lowest BCUT2D eigenvalue weighted by atomic mass is 10.1. The summed E-state index contributed by atoms with van der Waals surface area (Å²) >= 11 is 1.39. The second-order valence-corrected chi connectivity index (χ2v) is 5.67. The monoisotopic (exact) mass is 299 g/mol. The Bertz CT molecular complexity index is 418. The van der Waals surface area contributed by atoms with Gasteiger partial charge in [0.15, 0.2) is 0 Å². The van der Waals surface area contributed by atoms with Gasteiger partial charge in [-0.1, -0.05) is 0 Å². The molecule has 0 fully saturated rings. The van der Waals surface area contributed by atoms with Gasteiger partial charge in [-0.15, -0.1) is 11.8 Å². The molecule has 0 unspecified atom stereocenters. The van der Waals surface area contributed by atoms with Crippen LogP contribution in [0.3, 0.4) is 0 Å². The third kappa shape index (κ3) is 5.40. The second kappa shape index (κ2) is 8.14. The molecule has 0 aromatic heterocycles. The predicted octanol–water partition coefficient (Wildman–Crippen LogP) is 1.04. The van der Waals surface area contributed by atoms with Crippen LogP contribution in [0, 0.1) is 0 Å². The highest BCUT2D eigenvalue weighted by atomic mass is 32.2. The molecule has 1 aromatic carbocycles. The lowest BCUT2D eigenvalue weighted by Gasteiger charge is -2.26. The smallest absolute Gasteiger partial charge is 0.230 e. The lowest BCUT2D eigenvalue weighted by Crippen LogP contribution is -2.52. The molecule has 1 aromatic rings. The van der Waals surface area contributed by atoms with Crippen LogP contribution in [0.5, 0.6) is 5.75 Å². The van der Waals surface area contributed by atoms with Crippen molar-refractivity contribution in [3.63, 3.8) is 0 Å². The molecule has 0 saturated heterocycles. The zero-order valence-electron chi connectivity index (χ0n) is 11.8. The molecule has 0 atom stereocenters. The van der Waals surface area contributed by atoms with E-state index >= 15 is 0 Å². The Morgan fingerprint density at radius 2 is 1.90 bits per heavy atom. The molecule has 0 heterocycles. The molecule has 112 valence electrons. The minimum absolute atomic E-state index is 0.226. The number of nitrogens with one attached hydrogen (secondary N) is 1. The number of carbonyl (C=O) groups is 1. The topological polar surface area (TPSA) is 78.8 Å². The molecule has 6 heteroatoms. The molecule has 0 saturated carbocycles. The van der Waals surface area contributed by atoms with Crippen molar-refractivity contribution in [1.82, 2.24) is 5.32 Å². The molecule has 0 aliphatic carbocycles. The van der Waals surface area contributed by atoms with Crippen molar-refractivity contribution < 1.29 is 19.7 Å². The molecule has 0 radical (unpaired) electrons. The third-order valence-electron chi connectivity index (χ3n) is 2.64. The van der Waals surface area contributed by atoms with E-state index in [4.69, 9.17) is 14.9 Å². The Balaban J connectivity index is 2.44. The molecule has 20 heavy (non-hydrogen) atoms. The zero-order valence-corrected chi connectivity index (χ0v) is 12.6. The van der Waals surface area contributed by atoms with Crippen molar-refractivity contribution in [2.24, 2.45) is 0 Å². The second-order valence-electron chi connectivity index (χ2n) is 4.62. The predicted molar refractivity (Wildman–Crippen MR) is 79.1 cm³/mol. The van der Waals surface area contributed by atoms with Crippen LogP contribution in [-0.4, -0.2) is 47.2 Å². The largest absolute Gasteiger partial charge is 0.494 e. The van der Waals surface area contributed by atoms with Gasteiger partial charge in [-0.05, 0) is 38.1 Å². The number of aliphatic hydroxyl groups is 2. The van der Waals surface area contributed by atoms with Crippen LogP contribution in [0.2, 0.25) is 0 Å². The SMILES string of the molecule is CCOc1ccc(SCC(=O)NC(C)(CO)CO)cc1. The summed E-state index contributed by atoms with van der Waals surface area (Å²) in [6.45, 7) is 3.53. The van der Waals surface area contributed by atoms with E-state index in [1.165, 1.54) is 11.8 Å². The van der Waals surface area contributed by atoms with Crippen LogP contribution in [0.25, 0.3) is 0 Å². The number of hydrogen-bond acceptors (Lipinski definition) is 5. The average Bonchev–Trinajstić information content (AvgIpc) is 2.47. The van der Waals surface area contributed by atoms with Crippen LogP contribution >= 0.6 is 11.8 Å². The highest BCUT2D eigenvalue weighted by molar-refractivity contribution is 8.00. The molecular weight excluding hydrogens is 278 g/mol. The van der Waals surface area contributed by atoms with Crippen molar-refractivity contribution in [3.8, 4) is 5.75 Å². The number of ether oxygens (including phenoxy) is 1. The molecule has 0 spiro atoms. The van der Waals surface area contributed by atoms with Crippen LogP contribution in [0.1, 0.15) is 13.8 Å².